The molecule has 19 heavy (non-hydrogen) atoms. The lowest BCUT2D eigenvalue weighted by Gasteiger charge is -2.10. The number of methoxy groups -OCH3 is 1. The molecule has 0 bridgehead atoms. The molecule has 0 fully saturated rings. The first-order valence-corrected chi connectivity index (χ1v) is 5.80. The van der Waals surface area contributed by atoms with E-state index in [1.54, 1.807) is 31.5 Å². The average molecular weight is 258 g/mol. The maximum Gasteiger partial charge on any atom is 0.267 e. The smallest absolute Gasteiger partial charge is 0.267 e. The zero-order valence-corrected chi connectivity index (χ0v) is 10.8. The monoisotopic (exact) mass is 258 g/mol. The molecule has 2 rings (SSSR count). The van der Waals surface area contributed by atoms with Crippen LogP contribution in [-0.4, -0.2) is 23.2 Å². The van der Waals surface area contributed by atoms with Crippen molar-refractivity contribution in [1.82, 2.24) is 9.78 Å². The standard InChI is InChI=1S/C14H14N2O3/c1-10-5-14(18)16(15-7-10)8-12-6-11(9-17)3-4-13(12)19-2/h3-7,9H,8H2,1-2H3. The van der Waals surface area contributed by atoms with Crippen molar-refractivity contribution in [1.29, 1.82) is 0 Å². The predicted molar refractivity (Wildman–Crippen MR) is 70.7 cm³/mol. The van der Waals surface area contributed by atoms with Crippen molar-refractivity contribution in [2.45, 2.75) is 13.5 Å². The van der Waals surface area contributed by atoms with Crippen LogP contribution >= 0.6 is 0 Å². The molecule has 0 saturated carbocycles. The van der Waals surface area contributed by atoms with Gasteiger partial charge in [-0.15, -0.1) is 0 Å². The molecule has 2 aromatic rings. The van der Waals surface area contributed by atoms with E-state index >= 15 is 0 Å². The summed E-state index contributed by atoms with van der Waals surface area (Å²) < 4.78 is 6.55. The molecule has 0 saturated heterocycles. The lowest BCUT2D eigenvalue weighted by molar-refractivity contribution is 0.112. The van der Waals surface area contributed by atoms with Crippen molar-refractivity contribution in [3.63, 3.8) is 0 Å². The second-order valence-corrected chi connectivity index (χ2v) is 4.22. The van der Waals surface area contributed by atoms with Crippen molar-refractivity contribution < 1.29 is 9.53 Å². The minimum atomic E-state index is -0.182. The summed E-state index contributed by atoms with van der Waals surface area (Å²) in [6.07, 6.45) is 2.38. The Morgan fingerprint density at radius 2 is 2.16 bits per heavy atom. The van der Waals surface area contributed by atoms with E-state index in [0.717, 1.165) is 17.4 Å². The number of carbonyl (C=O) groups excluding carboxylic acids is 1. The maximum absolute atomic E-state index is 11.8. The van der Waals surface area contributed by atoms with Gasteiger partial charge in [0.15, 0.2) is 0 Å². The Morgan fingerprint density at radius 3 is 2.79 bits per heavy atom. The molecule has 98 valence electrons. The van der Waals surface area contributed by atoms with Gasteiger partial charge in [0.2, 0.25) is 0 Å². The van der Waals surface area contributed by atoms with Crippen molar-refractivity contribution in [3.8, 4) is 5.75 Å². The number of nitrogens with zero attached hydrogens (tertiary/aromatic N) is 2. The molecule has 0 aliphatic rings. The topological polar surface area (TPSA) is 61.2 Å². The van der Waals surface area contributed by atoms with E-state index < -0.39 is 0 Å². The Morgan fingerprint density at radius 1 is 1.37 bits per heavy atom. The highest BCUT2D eigenvalue weighted by Gasteiger charge is 2.07. The van der Waals surface area contributed by atoms with E-state index in [1.165, 1.54) is 10.7 Å². The van der Waals surface area contributed by atoms with E-state index in [1.807, 2.05) is 6.92 Å². The number of hydrogen-bond donors (Lipinski definition) is 0. The van der Waals surface area contributed by atoms with Crippen LogP contribution in [0.4, 0.5) is 0 Å². The zero-order valence-electron chi connectivity index (χ0n) is 10.8. The fraction of sp³-hybridized carbons (Fsp3) is 0.214. The summed E-state index contributed by atoms with van der Waals surface area (Å²) in [5.74, 6) is 0.625. The second kappa shape index (κ2) is 5.48. The van der Waals surface area contributed by atoms with Crippen LogP contribution in [-0.2, 0) is 6.54 Å². The van der Waals surface area contributed by atoms with Gasteiger partial charge < -0.3 is 4.74 Å². The van der Waals surface area contributed by atoms with Gasteiger partial charge in [0.05, 0.1) is 19.9 Å². The summed E-state index contributed by atoms with van der Waals surface area (Å²) in [4.78, 5) is 22.6. The molecule has 0 unspecified atom stereocenters. The number of aryl methyl sites for hydroxylation is 1. The number of hydrogen-bond acceptors (Lipinski definition) is 4. The molecular weight excluding hydrogens is 244 g/mol. The van der Waals surface area contributed by atoms with Gasteiger partial charge in [0.1, 0.15) is 12.0 Å². The first-order chi connectivity index (χ1) is 9.13. The van der Waals surface area contributed by atoms with Crippen LogP contribution in [0.3, 0.4) is 0 Å². The quantitative estimate of drug-likeness (QED) is 0.778. The number of ether oxygens (including phenoxy) is 1. The van der Waals surface area contributed by atoms with E-state index in [-0.39, 0.29) is 12.1 Å². The number of rotatable bonds is 4. The van der Waals surface area contributed by atoms with Gasteiger partial charge in [-0.25, -0.2) is 4.68 Å². The van der Waals surface area contributed by atoms with Crippen LogP contribution in [0.2, 0.25) is 0 Å². The molecule has 0 aliphatic heterocycles. The maximum atomic E-state index is 11.8. The van der Waals surface area contributed by atoms with Gasteiger partial charge in [-0.3, -0.25) is 9.59 Å². The number of benzene rings is 1. The Bertz CT molecular complexity index is 662. The first-order valence-electron chi connectivity index (χ1n) is 5.80. The van der Waals surface area contributed by atoms with E-state index in [4.69, 9.17) is 4.74 Å². The molecule has 0 N–H and O–H groups in total. The van der Waals surface area contributed by atoms with Crippen molar-refractivity contribution in [3.05, 3.63) is 57.5 Å². The average Bonchev–Trinajstić information content (AvgIpc) is 2.41. The molecule has 5 nitrogen and oxygen atoms in total. The summed E-state index contributed by atoms with van der Waals surface area (Å²) >= 11 is 0. The second-order valence-electron chi connectivity index (χ2n) is 4.22. The zero-order chi connectivity index (χ0) is 13.8. The number of aldehydes is 1. The fourth-order valence-corrected chi connectivity index (χ4v) is 1.80. The van der Waals surface area contributed by atoms with Gasteiger partial charge in [0, 0.05) is 17.2 Å². The van der Waals surface area contributed by atoms with Gasteiger partial charge in [-0.05, 0) is 30.7 Å². The minimum absolute atomic E-state index is 0.182. The molecule has 0 amide bonds. The molecule has 1 aromatic carbocycles. The molecule has 5 heteroatoms. The third-order valence-corrected chi connectivity index (χ3v) is 2.77. The molecule has 1 aromatic heterocycles. The predicted octanol–water partition coefficient (Wildman–Crippen LogP) is 1.42. The fourth-order valence-electron chi connectivity index (χ4n) is 1.80. The Labute approximate surface area is 110 Å². The van der Waals surface area contributed by atoms with Gasteiger partial charge >= 0.3 is 0 Å². The Hall–Kier alpha value is -2.43. The van der Waals surface area contributed by atoms with Gasteiger partial charge in [-0.2, -0.15) is 5.10 Å². The Kier molecular flexibility index (Phi) is 3.75. The normalized spacial score (nSPS) is 10.2. The Balaban J connectivity index is 2.41. The highest BCUT2D eigenvalue weighted by Crippen LogP contribution is 2.19. The number of aromatic nitrogens is 2. The molecule has 0 spiro atoms. The van der Waals surface area contributed by atoms with Crippen LogP contribution in [0, 0.1) is 6.92 Å². The summed E-state index contributed by atoms with van der Waals surface area (Å²) in [6.45, 7) is 2.08. The molecule has 1 heterocycles. The summed E-state index contributed by atoms with van der Waals surface area (Å²) in [7, 11) is 1.55. The van der Waals surface area contributed by atoms with Crippen molar-refractivity contribution in [2.75, 3.05) is 7.11 Å². The highest BCUT2D eigenvalue weighted by molar-refractivity contribution is 5.75. The van der Waals surface area contributed by atoms with Crippen LogP contribution < -0.4 is 10.3 Å². The lowest BCUT2D eigenvalue weighted by atomic mass is 10.1. The SMILES string of the molecule is COc1ccc(C=O)cc1Cn1ncc(C)cc1=O. The van der Waals surface area contributed by atoms with Gasteiger partial charge in [0.25, 0.3) is 5.56 Å². The van der Waals surface area contributed by atoms with Crippen LogP contribution in [0.1, 0.15) is 21.5 Å². The third-order valence-electron chi connectivity index (χ3n) is 2.77. The largest absolute Gasteiger partial charge is 0.496 e. The van der Waals surface area contributed by atoms with Crippen molar-refractivity contribution >= 4 is 6.29 Å². The number of carbonyl (C=O) groups is 1. The summed E-state index contributed by atoms with van der Waals surface area (Å²) in [5, 5.41) is 4.06. The summed E-state index contributed by atoms with van der Waals surface area (Å²) in [5.41, 5.74) is 1.91. The van der Waals surface area contributed by atoms with Crippen LogP contribution in [0.5, 0.6) is 5.75 Å². The van der Waals surface area contributed by atoms with Crippen LogP contribution in [0.25, 0.3) is 0 Å². The third kappa shape index (κ3) is 2.88. The molecule has 0 aliphatic carbocycles. The van der Waals surface area contributed by atoms with Gasteiger partial charge in [-0.1, -0.05) is 0 Å². The van der Waals surface area contributed by atoms with E-state index in [2.05, 4.69) is 5.10 Å². The summed E-state index contributed by atoms with van der Waals surface area (Å²) in [6, 6.07) is 6.59. The van der Waals surface area contributed by atoms with Crippen LogP contribution in [0.15, 0.2) is 35.3 Å². The lowest BCUT2D eigenvalue weighted by Crippen LogP contribution is -2.23. The van der Waals surface area contributed by atoms with Crippen molar-refractivity contribution in [2.24, 2.45) is 0 Å². The molecule has 0 atom stereocenters. The molecular formula is C14H14N2O3. The van der Waals surface area contributed by atoms with E-state index in [0.29, 0.717) is 11.3 Å². The first kappa shape index (κ1) is 13.0. The minimum Gasteiger partial charge on any atom is -0.496 e. The highest BCUT2D eigenvalue weighted by atomic mass is 16.5. The molecule has 0 radical (unpaired) electrons. The van der Waals surface area contributed by atoms with E-state index in [9.17, 15) is 9.59 Å².